The van der Waals surface area contributed by atoms with Crippen LogP contribution in [0.5, 0.6) is 5.75 Å². The second kappa shape index (κ2) is 5.62. The standard InChI is InChI=1S/C16H25N3O/c1-18-14-3-4-15(18)11-19(6-5-14)10-12-7-13(17)9-16(8-12)20-2/h7-9,14-15H,3-6,10-11,17H2,1-2H3. The molecule has 2 N–H and O–H groups in total. The molecule has 20 heavy (non-hydrogen) atoms. The summed E-state index contributed by atoms with van der Waals surface area (Å²) in [6, 6.07) is 7.56. The molecule has 2 atom stereocenters. The molecule has 0 radical (unpaired) electrons. The Kier molecular flexibility index (Phi) is 3.85. The van der Waals surface area contributed by atoms with Crippen LogP contribution in [0.4, 0.5) is 5.69 Å². The zero-order valence-electron chi connectivity index (χ0n) is 12.5. The summed E-state index contributed by atoms with van der Waals surface area (Å²) in [5.74, 6) is 0.855. The molecular formula is C16H25N3O. The van der Waals surface area contributed by atoms with Crippen LogP contribution in [0.3, 0.4) is 0 Å². The van der Waals surface area contributed by atoms with Crippen LogP contribution in [0.25, 0.3) is 0 Å². The summed E-state index contributed by atoms with van der Waals surface area (Å²) >= 11 is 0. The topological polar surface area (TPSA) is 41.7 Å². The lowest BCUT2D eigenvalue weighted by Gasteiger charge is -2.25. The molecule has 4 heteroatoms. The Morgan fingerprint density at radius 2 is 2.00 bits per heavy atom. The van der Waals surface area contributed by atoms with Gasteiger partial charge in [-0.3, -0.25) is 9.80 Å². The number of likely N-dealkylation sites (N-methyl/N-ethyl adjacent to an activating group) is 1. The van der Waals surface area contributed by atoms with Crippen molar-refractivity contribution in [3.63, 3.8) is 0 Å². The molecule has 110 valence electrons. The molecule has 2 unspecified atom stereocenters. The molecule has 2 aliphatic heterocycles. The summed E-state index contributed by atoms with van der Waals surface area (Å²) in [5, 5.41) is 0. The van der Waals surface area contributed by atoms with Gasteiger partial charge in [0.05, 0.1) is 7.11 Å². The van der Waals surface area contributed by atoms with Crippen LogP contribution >= 0.6 is 0 Å². The van der Waals surface area contributed by atoms with Gasteiger partial charge in [0.1, 0.15) is 5.75 Å². The third-order valence-electron chi connectivity index (χ3n) is 4.86. The van der Waals surface area contributed by atoms with Crippen LogP contribution in [-0.2, 0) is 6.54 Å². The predicted octanol–water partition coefficient (Wildman–Crippen LogP) is 1.95. The van der Waals surface area contributed by atoms with E-state index in [-0.39, 0.29) is 0 Å². The predicted molar refractivity (Wildman–Crippen MR) is 81.9 cm³/mol. The van der Waals surface area contributed by atoms with Crippen LogP contribution in [-0.4, -0.2) is 49.1 Å². The first-order valence-electron chi connectivity index (χ1n) is 7.53. The number of benzene rings is 1. The summed E-state index contributed by atoms with van der Waals surface area (Å²) in [7, 11) is 3.98. The van der Waals surface area contributed by atoms with E-state index in [1.807, 2.05) is 6.07 Å². The van der Waals surface area contributed by atoms with E-state index in [1.54, 1.807) is 7.11 Å². The number of nitrogens with two attached hydrogens (primary N) is 1. The zero-order chi connectivity index (χ0) is 14.1. The number of ether oxygens (including phenoxy) is 1. The second-order valence-electron chi connectivity index (χ2n) is 6.19. The van der Waals surface area contributed by atoms with Crippen LogP contribution in [0.1, 0.15) is 24.8 Å². The van der Waals surface area contributed by atoms with Gasteiger partial charge in [-0.25, -0.2) is 0 Å². The van der Waals surface area contributed by atoms with Crippen molar-refractivity contribution < 1.29 is 4.74 Å². The van der Waals surface area contributed by atoms with Crippen LogP contribution in [0.15, 0.2) is 18.2 Å². The van der Waals surface area contributed by atoms with Gasteiger partial charge < -0.3 is 10.5 Å². The van der Waals surface area contributed by atoms with E-state index in [1.165, 1.54) is 37.9 Å². The van der Waals surface area contributed by atoms with Crippen molar-refractivity contribution in [2.75, 3.05) is 33.0 Å². The lowest BCUT2D eigenvalue weighted by molar-refractivity contribution is 0.214. The van der Waals surface area contributed by atoms with Crippen LogP contribution in [0, 0.1) is 0 Å². The van der Waals surface area contributed by atoms with E-state index >= 15 is 0 Å². The Hall–Kier alpha value is -1.26. The molecule has 2 fully saturated rings. The minimum Gasteiger partial charge on any atom is -0.497 e. The second-order valence-corrected chi connectivity index (χ2v) is 6.19. The molecule has 2 saturated heterocycles. The number of fused-ring (bicyclic) bond motifs is 2. The number of methoxy groups -OCH3 is 1. The van der Waals surface area contributed by atoms with Gasteiger partial charge in [0, 0.05) is 43.5 Å². The SMILES string of the molecule is COc1cc(N)cc(CN2CCC3CCC(C2)N3C)c1. The molecule has 0 aliphatic carbocycles. The van der Waals surface area contributed by atoms with E-state index in [2.05, 4.69) is 29.0 Å². The Labute approximate surface area is 121 Å². The first-order valence-corrected chi connectivity index (χ1v) is 7.53. The van der Waals surface area contributed by atoms with Gasteiger partial charge in [-0.1, -0.05) is 0 Å². The van der Waals surface area contributed by atoms with Gasteiger partial charge in [0.15, 0.2) is 0 Å². The molecule has 0 aromatic heterocycles. The molecule has 1 aromatic carbocycles. The summed E-state index contributed by atoms with van der Waals surface area (Å²) in [6.45, 7) is 3.32. The number of hydrogen-bond donors (Lipinski definition) is 1. The zero-order valence-corrected chi connectivity index (χ0v) is 12.5. The number of nitrogen functional groups attached to an aromatic ring is 1. The average molecular weight is 275 g/mol. The minimum absolute atomic E-state index is 0.727. The van der Waals surface area contributed by atoms with Gasteiger partial charge >= 0.3 is 0 Å². The van der Waals surface area contributed by atoms with Crippen molar-refractivity contribution in [2.45, 2.75) is 37.9 Å². The van der Waals surface area contributed by atoms with Gasteiger partial charge in [0.2, 0.25) is 0 Å². The smallest absolute Gasteiger partial charge is 0.121 e. The van der Waals surface area contributed by atoms with Crippen molar-refractivity contribution in [2.24, 2.45) is 0 Å². The normalized spacial score (nSPS) is 27.5. The third kappa shape index (κ3) is 2.76. The average Bonchev–Trinajstić information content (AvgIpc) is 2.66. The largest absolute Gasteiger partial charge is 0.497 e. The highest BCUT2D eigenvalue weighted by Crippen LogP contribution is 2.29. The highest BCUT2D eigenvalue weighted by atomic mass is 16.5. The van der Waals surface area contributed by atoms with E-state index in [4.69, 9.17) is 10.5 Å². The summed E-state index contributed by atoms with van der Waals surface area (Å²) < 4.78 is 5.31. The van der Waals surface area contributed by atoms with Crippen LogP contribution in [0.2, 0.25) is 0 Å². The molecular weight excluding hydrogens is 250 g/mol. The molecule has 3 rings (SSSR count). The van der Waals surface area contributed by atoms with E-state index in [0.29, 0.717) is 0 Å². The molecule has 2 bridgehead atoms. The Balaban J connectivity index is 1.70. The van der Waals surface area contributed by atoms with Crippen molar-refractivity contribution in [1.82, 2.24) is 9.80 Å². The highest BCUT2D eigenvalue weighted by Gasteiger charge is 2.34. The molecule has 4 nitrogen and oxygen atoms in total. The van der Waals surface area contributed by atoms with E-state index < -0.39 is 0 Å². The van der Waals surface area contributed by atoms with Gasteiger partial charge in [-0.15, -0.1) is 0 Å². The van der Waals surface area contributed by atoms with Crippen molar-refractivity contribution in [3.05, 3.63) is 23.8 Å². The van der Waals surface area contributed by atoms with Crippen molar-refractivity contribution in [1.29, 1.82) is 0 Å². The minimum atomic E-state index is 0.727. The van der Waals surface area contributed by atoms with Crippen molar-refractivity contribution in [3.8, 4) is 5.75 Å². The Morgan fingerprint density at radius 3 is 2.80 bits per heavy atom. The summed E-state index contributed by atoms with van der Waals surface area (Å²) in [4.78, 5) is 5.15. The van der Waals surface area contributed by atoms with Gasteiger partial charge in [-0.2, -0.15) is 0 Å². The fraction of sp³-hybridized carbons (Fsp3) is 0.625. The highest BCUT2D eigenvalue weighted by molar-refractivity contribution is 5.47. The molecule has 0 saturated carbocycles. The lowest BCUT2D eigenvalue weighted by Crippen LogP contribution is -2.36. The molecule has 0 amide bonds. The fourth-order valence-corrected chi connectivity index (χ4v) is 3.68. The number of rotatable bonds is 3. The van der Waals surface area contributed by atoms with Crippen LogP contribution < -0.4 is 10.5 Å². The Bertz CT molecular complexity index is 477. The maximum atomic E-state index is 5.95. The fourth-order valence-electron chi connectivity index (χ4n) is 3.68. The Morgan fingerprint density at radius 1 is 1.20 bits per heavy atom. The van der Waals surface area contributed by atoms with Gasteiger partial charge in [0.25, 0.3) is 0 Å². The lowest BCUT2D eigenvalue weighted by atomic mass is 10.1. The van der Waals surface area contributed by atoms with Crippen molar-refractivity contribution >= 4 is 5.69 Å². The van der Waals surface area contributed by atoms with E-state index in [0.717, 1.165) is 30.1 Å². The molecule has 2 heterocycles. The number of nitrogens with zero attached hydrogens (tertiary/aromatic N) is 2. The summed E-state index contributed by atoms with van der Waals surface area (Å²) in [5.41, 5.74) is 7.98. The molecule has 1 aromatic rings. The van der Waals surface area contributed by atoms with Gasteiger partial charge in [-0.05, 0) is 44.0 Å². The third-order valence-corrected chi connectivity index (χ3v) is 4.86. The quantitative estimate of drug-likeness (QED) is 0.856. The molecule has 2 aliphatic rings. The number of anilines is 1. The first-order chi connectivity index (χ1) is 9.65. The maximum Gasteiger partial charge on any atom is 0.121 e. The number of hydrogen-bond acceptors (Lipinski definition) is 4. The summed E-state index contributed by atoms with van der Waals surface area (Å²) in [6.07, 6.45) is 4.01. The monoisotopic (exact) mass is 275 g/mol. The first kappa shape index (κ1) is 13.7. The molecule has 0 spiro atoms. The maximum absolute atomic E-state index is 5.95. The number of likely N-dealkylation sites (tertiary alicyclic amines) is 1. The van der Waals surface area contributed by atoms with E-state index in [9.17, 15) is 0 Å².